The number of amides is 1. The molecule has 2 aromatic rings. The van der Waals surface area contributed by atoms with Gasteiger partial charge in [0.25, 0.3) is 0 Å². The molecule has 0 unspecified atom stereocenters. The van der Waals surface area contributed by atoms with Crippen LogP contribution in [0.1, 0.15) is 64.3 Å². The number of ketones is 1. The summed E-state index contributed by atoms with van der Waals surface area (Å²) >= 11 is 0. The fourth-order valence-electron chi connectivity index (χ4n) is 3.42. The lowest BCUT2D eigenvalue weighted by Gasteiger charge is -2.16. The Morgan fingerprint density at radius 3 is 2.52 bits per heavy atom. The molecule has 1 aliphatic rings. The normalized spacial score (nSPS) is 13.4. The molecular formula is C21H25NO3. The molecule has 3 rings (SSSR count). The lowest BCUT2D eigenvalue weighted by Crippen LogP contribution is -2.23. The van der Waals surface area contributed by atoms with Crippen LogP contribution in [-0.2, 0) is 24.2 Å². The average Bonchev–Trinajstić information content (AvgIpc) is 2.94. The van der Waals surface area contributed by atoms with Crippen molar-refractivity contribution in [1.82, 2.24) is 5.32 Å². The molecule has 4 nitrogen and oxygen atoms in total. The summed E-state index contributed by atoms with van der Waals surface area (Å²) in [4.78, 5) is 24.4. The summed E-state index contributed by atoms with van der Waals surface area (Å²) in [6, 6.07) is 7.92. The van der Waals surface area contributed by atoms with E-state index in [1.54, 1.807) is 0 Å². The molecule has 1 aliphatic carbocycles. The maximum absolute atomic E-state index is 12.4. The van der Waals surface area contributed by atoms with E-state index in [4.69, 9.17) is 4.42 Å². The minimum atomic E-state index is -0.107. The third kappa shape index (κ3) is 4.38. The Labute approximate surface area is 148 Å². The van der Waals surface area contributed by atoms with Crippen molar-refractivity contribution in [1.29, 1.82) is 0 Å². The van der Waals surface area contributed by atoms with Crippen molar-refractivity contribution in [2.45, 2.75) is 58.9 Å². The molecule has 0 aliphatic heterocycles. The summed E-state index contributed by atoms with van der Waals surface area (Å²) in [5.41, 5.74) is 4.38. The first-order valence-corrected chi connectivity index (χ1v) is 9.00. The van der Waals surface area contributed by atoms with Gasteiger partial charge >= 0.3 is 0 Å². The quantitative estimate of drug-likeness (QED) is 0.808. The number of Topliss-reactive ketones (excluding diaryl/α,β-unsaturated/α-hetero) is 1. The summed E-state index contributed by atoms with van der Waals surface area (Å²) in [7, 11) is 0. The standard InChI is InChI=1S/C21H25NO3/c1-14-11-19(15(2)25-14)13-22-21(24)10-9-20(23)18-8-7-16-5-3-4-6-17(16)12-18/h7-8,11-12H,3-6,9-10,13H2,1-2H3,(H,22,24). The van der Waals surface area contributed by atoms with Gasteiger partial charge in [0.1, 0.15) is 11.5 Å². The van der Waals surface area contributed by atoms with Crippen LogP contribution < -0.4 is 5.32 Å². The average molecular weight is 339 g/mol. The molecule has 1 amide bonds. The third-order valence-electron chi connectivity index (χ3n) is 4.87. The van der Waals surface area contributed by atoms with Gasteiger partial charge in [0.15, 0.2) is 5.78 Å². The van der Waals surface area contributed by atoms with Gasteiger partial charge < -0.3 is 9.73 Å². The van der Waals surface area contributed by atoms with Gasteiger partial charge in [-0.1, -0.05) is 12.1 Å². The second-order valence-electron chi connectivity index (χ2n) is 6.83. The smallest absolute Gasteiger partial charge is 0.220 e. The molecule has 0 radical (unpaired) electrons. The first-order valence-electron chi connectivity index (χ1n) is 9.00. The summed E-state index contributed by atoms with van der Waals surface area (Å²) in [5, 5.41) is 2.86. The van der Waals surface area contributed by atoms with E-state index in [2.05, 4.69) is 11.4 Å². The third-order valence-corrected chi connectivity index (χ3v) is 4.87. The van der Waals surface area contributed by atoms with Crippen LogP contribution in [0.25, 0.3) is 0 Å². The van der Waals surface area contributed by atoms with E-state index in [1.165, 1.54) is 24.0 Å². The van der Waals surface area contributed by atoms with Gasteiger partial charge in [-0.15, -0.1) is 0 Å². The number of fused-ring (bicyclic) bond motifs is 1. The number of nitrogens with one attached hydrogen (secondary N) is 1. The van der Waals surface area contributed by atoms with Crippen LogP contribution in [0.15, 0.2) is 28.7 Å². The predicted molar refractivity (Wildman–Crippen MR) is 96.7 cm³/mol. The fourth-order valence-corrected chi connectivity index (χ4v) is 3.42. The van der Waals surface area contributed by atoms with Crippen molar-refractivity contribution in [3.8, 4) is 0 Å². The Bertz CT molecular complexity index is 788. The second-order valence-corrected chi connectivity index (χ2v) is 6.83. The van der Waals surface area contributed by atoms with E-state index < -0.39 is 0 Å². The van der Waals surface area contributed by atoms with E-state index in [0.717, 1.165) is 35.5 Å². The van der Waals surface area contributed by atoms with Crippen LogP contribution in [0.2, 0.25) is 0 Å². The van der Waals surface area contributed by atoms with Crippen LogP contribution in [-0.4, -0.2) is 11.7 Å². The minimum Gasteiger partial charge on any atom is -0.466 e. The van der Waals surface area contributed by atoms with Crippen LogP contribution in [0, 0.1) is 13.8 Å². The van der Waals surface area contributed by atoms with Gasteiger partial charge in [-0.3, -0.25) is 9.59 Å². The van der Waals surface area contributed by atoms with E-state index in [1.807, 2.05) is 32.0 Å². The number of benzene rings is 1. The van der Waals surface area contributed by atoms with Gasteiger partial charge in [-0.2, -0.15) is 0 Å². The highest BCUT2D eigenvalue weighted by Crippen LogP contribution is 2.23. The maximum Gasteiger partial charge on any atom is 0.220 e. The van der Waals surface area contributed by atoms with E-state index in [-0.39, 0.29) is 24.5 Å². The van der Waals surface area contributed by atoms with Gasteiger partial charge in [0.05, 0.1) is 0 Å². The fraction of sp³-hybridized carbons (Fsp3) is 0.429. The van der Waals surface area contributed by atoms with E-state index in [0.29, 0.717) is 6.54 Å². The number of aryl methyl sites for hydroxylation is 4. The predicted octanol–water partition coefficient (Wildman–Crippen LogP) is 4.05. The Kier molecular flexibility index (Phi) is 5.37. The number of hydrogen-bond acceptors (Lipinski definition) is 3. The lowest BCUT2D eigenvalue weighted by molar-refractivity contribution is -0.121. The van der Waals surface area contributed by atoms with Crippen molar-refractivity contribution in [3.05, 3.63) is 58.0 Å². The first-order chi connectivity index (χ1) is 12.0. The van der Waals surface area contributed by atoms with Crippen LogP contribution >= 0.6 is 0 Å². The molecule has 132 valence electrons. The molecule has 1 heterocycles. The molecule has 0 spiro atoms. The van der Waals surface area contributed by atoms with Gasteiger partial charge in [0, 0.05) is 30.5 Å². The lowest BCUT2D eigenvalue weighted by atomic mass is 9.89. The van der Waals surface area contributed by atoms with Gasteiger partial charge in [-0.05, 0) is 62.8 Å². The monoisotopic (exact) mass is 339 g/mol. The van der Waals surface area contributed by atoms with Crippen molar-refractivity contribution < 1.29 is 14.0 Å². The zero-order valence-electron chi connectivity index (χ0n) is 15.0. The molecular weight excluding hydrogens is 314 g/mol. The second kappa shape index (κ2) is 7.68. The minimum absolute atomic E-state index is 0.0406. The Hall–Kier alpha value is -2.36. The maximum atomic E-state index is 12.4. The number of rotatable bonds is 6. The van der Waals surface area contributed by atoms with Crippen LogP contribution in [0.5, 0.6) is 0 Å². The highest BCUT2D eigenvalue weighted by atomic mass is 16.3. The topological polar surface area (TPSA) is 59.3 Å². The van der Waals surface area contributed by atoms with Crippen molar-refractivity contribution in [2.24, 2.45) is 0 Å². The molecule has 1 N–H and O–H groups in total. The van der Waals surface area contributed by atoms with Crippen molar-refractivity contribution in [2.75, 3.05) is 0 Å². The molecule has 25 heavy (non-hydrogen) atoms. The Morgan fingerprint density at radius 1 is 1.04 bits per heavy atom. The van der Waals surface area contributed by atoms with Gasteiger partial charge in [0.2, 0.25) is 5.91 Å². The molecule has 0 atom stereocenters. The highest BCUT2D eigenvalue weighted by molar-refractivity contribution is 5.98. The molecule has 0 saturated carbocycles. The SMILES string of the molecule is Cc1cc(CNC(=O)CCC(=O)c2ccc3c(c2)CCCC3)c(C)o1. The number of furan rings is 1. The summed E-state index contributed by atoms with van der Waals surface area (Å²) < 4.78 is 5.44. The molecule has 0 bridgehead atoms. The molecule has 1 aromatic heterocycles. The Balaban J connectivity index is 1.50. The molecule has 0 fully saturated rings. The number of carbonyl (C=O) groups excluding carboxylic acids is 2. The summed E-state index contributed by atoms with van der Waals surface area (Å²) in [5.74, 6) is 1.59. The Morgan fingerprint density at radius 2 is 1.80 bits per heavy atom. The number of hydrogen-bond donors (Lipinski definition) is 1. The van der Waals surface area contributed by atoms with Crippen molar-refractivity contribution >= 4 is 11.7 Å². The molecule has 1 aromatic carbocycles. The molecule has 4 heteroatoms. The zero-order valence-corrected chi connectivity index (χ0v) is 15.0. The van der Waals surface area contributed by atoms with Crippen molar-refractivity contribution in [3.63, 3.8) is 0 Å². The summed E-state index contributed by atoms with van der Waals surface area (Å²) in [6.07, 6.45) is 5.05. The van der Waals surface area contributed by atoms with E-state index in [9.17, 15) is 9.59 Å². The highest BCUT2D eigenvalue weighted by Gasteiger charge is 2.14. The molecule has 0 saturated heterocycles. The first kappa shape index (κ1) is 17.5. The van der Waals surface area contributed by atoms with Crippen LogP contribution in [0.3, 0.4) is 0 Å². The van der Waals surface area contributed by atoms with Crippen LogP contribution in [0.4, 0.5) is 0 Å². The zero-order chi connectivity index (χ0) is 17.8. The van der Waals surface area contributed by atoms with E-state index >= 15 is 0 Å². The largest absolute Gasteiger partial charge is 0.466 e. The van der Waals surface area contributed by atoms with Gasteiger partial charge in [-0.25, -0.2) is 0 Å². The number of carbonyl (C=O) groups is 2. The summed E-state index contributed by atoms with van der Waals surface area (Å²) in [6.45, 7) is 4.21.